The fourth-order valence-corrected chi connectivity index (χ4v) is 2.30. The number of nitrogens with zero attached hydrogens (tertiary/aromatic N) is 2. The first-order chi connectivity index (χ1) is 11.8. The molecule has 0 aliphatic rings. The summed E-state index contributed by atoms with van der Waals surface area (Å²) in [6.07, 6.45) is -1.89. The monoisotopic (exact) mass is 357 g/mol. The molecule has 2 N–H and O–H groups in total. The zero-order valence-electron chi connectivity index (χ0n) is 13.5. The van der Waals surface area contributed by atoms with Gasteiger partial charge >= 0.3 is 12.1 Å². The minimum absolute atomic E-state index is 0.0350. The molecule has 2 aromatic rings. The molecule has 2 rings (SSSR count). The van der Waals surface area contributed by atoms with Gasteiger partial charge in [-0.2, -0.15) is 13.2 Å². The van der Waals surface area contributed by atoms with E-state index in [0.717, 1.165) is 4.57 Å². The van der Waals surface area contributed by atoms with Crippen LogP contribution in [0.5, 0.6) is 5.75 Å². The van der Waals surface area contributed by atoms with Gasteiger partial charge in [0.25, 0.3) is 0 Å². The predicted octanol–water partition coefficient (Wildman–Crippen LogP) is 2.54. The second-order valence-electron chi connectivity index (χ2n) is 5.25. The van der Waals surface area contributed by atoms with Crippen molar-refractivity contribution in [1.82, 2.24) is 14.9 Å². The highest BCUT2D eigenvalue weighted by molar-refractivity contribution is 5.77. The highest BCUT2D eigenvalue weighted by atomic mass is 19.4. The fourth-order valence-electron chi connectivity index (χ4n) is 2.30. The van der Waals surface area contributed by atoms with Crippen molar-refractivity contribution >= 4 is 5.97 Å². The molecule has 1 unspecified atom stereocenters. The quantitative estimate of drug-likeness (QED) is 0.745. The predicted molar refractivity (Wildman–Crippen MR) is 82.6 cm³/mol. The molecule has 136 valence electrons. The average molecular weight is 357 g/mol. The van der Waals surface area contributed by atoms with Gasteiger partial charge in [0, 0.05) is 12.4 Å². The number of rotatable bonds is 7. The number of ether oxygens (including phenoxy) is 1. The largest absolute Gasteiger partial charge is 0.508 e. The van der Waals surface area contributed by atoms with Crippen LogP contribution in [0.3, 0.4) is 0 Å². The van der Waals surface area contributed by atoms with E-state index in [-0.39, 0.29) is 24.7 Å². The van der Waals surface area contributed by atoms with Gasteiger partial charge in [0.05, 0.1) is 13.2 Å². The van der Waals surface area contributed by atoms with Crippen LogP contribution < -0.4 is 5.32 Å². The van der Waals surface area contributed by atoms with E-state index < -0.39 is 24.7 Å². The zero-order chi connectivity index (χ0) is 18.4. The molecule has 0 spiro atoms. The lowest BCUT2D eigenvalue weighted by Crippen LogP contribution is -2.31. The number of carbonyl (C=O) groups excluding carboxylic acids is 1. The van der Waals surface area contributed by atoms with Crippen LogP contribution in [0.15, 0.2) is 36.7 Å². The summed E-state index contributed by atoms with van der Waals surface area (Å²) in [6, 6.07) is 5.06. The van der Waals surface area contributed by atoms with E-state index in [1.807, 2.05) is 0 Å². The van der Waals surface area contributed by atoms with E-state index in [2.05, 4.69) is 10.3 Å². The van der Waals surface area contributed by atoms with Crippen LogP contribution in [-0.2, 0) is 22.6 Å². The van der Waals surface area contributed by atoms with Gasteiger partial charge in [0.1, 0.15) is 24.2 Å². The maximum atomic E-state index is 12.6. The number of carbonyl (C=O) groups is 1. The lowest BCUT2D eigenvalue weighted by Gasteiger charge is -2.18. The number of aromatic hydroxyl groups is 1. The molecule has 1 aromatic carbocycles. The van der Waals surface area contributed by atoms with Crippen LogP contribution in [0.25, 0.3) is 0 Å². The summed E-state index contributed by atoms with van der Waals surface area (Å²) in [5, 5.41) is 12.4. The summed E-state index contributed by atoms with van der Waals surface area (Å²) in [6.45, 7) is 0.550. The molecule has 0 aliphatic carbocycles. The van der Waals surface area contributed by atoms with E-state index in [1.54, 1.807) is 19.1 Å². The smallest absolute Gasteiger partial charge is 0.406 e. The number of hydrogen-bond donors (Lipinski definition) is 2. The van der Waals surface area contributed by atoms with Gasteiger partial charge in [0.2, 0.25) is 0 Å². The topological polar surface area (TPSA) is 76.4 Å². The molecule has 1 aromatic heterocycles. The lowest BCUT2D eigenvalue weighted by atomic mass is 10.1. The Hall–Kier alpha value is -2.55. The number of phenolic OH excluding ortho intramolecular Hbond substituents is 1. The van der Waals surface area contributed by atoms with Crippen LogP contribution in [-0.4, -0.2) is 33.4 Å². The second-order valence-corrected chi connectivity index (χ2v) is 5.25. The Morgan fingerprint density at radius 3 is 2.84 bits per heavy atom. The Morgan fingerprint density at radius 2 is 2.20 bits per heavy atom. The first-order valence-electron chi connectivity index (χ1n) is 7.56. The molecule has 0 fully saturated rings. The molecule has 0 saturated carbocycles. The number of nitrogens with one attached hydrogen (secondary N) is 1. The van der Waals surface area contributed by atoms with Crippen LogP contribution in [0.2, 0.25) is 0 Å². The Bertz CT molecular complexity index is 716. The summed E-state index contributed by atoms with van der Waals surface area (Å²) >= 11 is 0. The third-order valence-corrected chi connectivity index (χ3v) is 3.34. The van der Waals surface area contributed by atoms with Gasteiger partial charge in [-0.3, -0.25) is 5.32 Å². The first-order valence-corrected chi connectivity index (χ1v) is 7.56. The number of alkyl halides is 3. The number of imidazole rings is 1. The second kappa shape index (κ2) is 8.02. The Morgan fingerprint density at radius 1 is 1.44 bits per heavy atom. The molecule has 1 heterocycles. The number of hydrogen-bond acceptors (Lipinski definition) is 5. The summed E-state index contributed by atoms with van der Waals surface area (Å²) in [4.78, 5) is 16.0. The average Bonchev–Trinajstić information content (AvgIpc) is 2.93. The zero-order valence-corrected chi connectivity index (χ0v) is 13.5. The molecule has 0 amide bonds. The highest BCUT2D eigenvalue weighted by Crippen LogP contribution is 2.21. The van der Waals surface area contributed by atoms with Crippen LogP contribution in [0.1, 0.15) is 24.4 Å². The van der Waals surface area contributed by atoms with Crippen molar-refractivity contribution in [3.63, 3.8) is 0 Å². The first kappa shape index (κ1) is 18.8. The van der Waals surface area contributed by atoms with Gasteiger partial charge in [-0.1, -0.05) is 12.1 Å². The minimum atomic E-state index is -4.37. The third-order valence-electron chi connectivity index (χ3n) is 3.34. The molecule has 6 nitrogen and oxygen atoms in total. The number of phenols is 1. The standard InChI is InChI=1S/C16H18F3N3O3/c1-2-25-15(24)14(11-4-3-5-12(23)8-11)21-9-13-20-6-7-22(13)10-16(17,18)19/h3-8,14,21,23H,2,9-10H2,1H3. The van der Waals surface area contributed by atoms with Gasteiger partial charge < -0.3 is 14.4 Å². The Kier molecular flexibility index (Phi) is 6.02. The van der Waals surface area contributed by atoms with Crippen molar-refractivity contribution in [2.24, 2.45) is 0 Å². The number of aromatic nitrogens is 2. The van der Waals surface area contributed by atoms with Crippen LogP contribution >= 0.6 is 0 Å². The summed E-state index contributed by atoms with van der Waals surface area (Å²) in [7, 11) is 0. The van der Waals surface area contributed by atoms with Gasteiger partial charge in [-0.25, -0.2) is 9.78 Å². The van der Waals surface area contributed by atoms with Gasteiger partial charge in [0.15, 0.2) is 0 Å². The molecular weight excluding hydrogens is 339 g/mol. The minimum Gasteiger partial charge on any atom is -0.508 e. The van der Waals surface area contributed by atoms with Crippen molar-refractivity contribution < 1.29 is 27.8 Å². The van der Waals surface area contributed by atoms with Gasteiger partial charge in [-0.15, -0.1) is 0 Å². The van der Waals surface area contributed by atoms with Crippen molar-refractivity contribution in [1.29, 1.82) is 0 Å². The van der Waals surface area contributed by atoms with Crippen LogP contribution in [0, 0.1) is 0 Å². The maximum absolute atomic E-state index is 12.6. The fraction of sp³-hybridized carbons (Fsp3) is 0.375. The molecule has 0 saturated heterocycles. The van der Waals surface area contributed by atoms with Gasteiger partial charge in [-0.05, 0) is 24.6 Å². The molecule has 1 atom stereocenters. The van der Waals surface area contributed by atoms with Crippen molar-refractivity contribution in [2.75, 3.05) is 6.61 Å². The number of esters is 1. The van der Waals surface area contributed by atoms with Crippen LogP contribution in [0.4, 0.5) is 13.2 Å². The Balaban J connectivity index is 2.16. The maximum Gasteiger partial charge on any atom is 0.406 e. The molecular formula is C16H18F3N3O3. The molecule has 0 aliphatic heterocycles. The van der Waals surface area contributed by atoms with E-state index in [1.165, 1.54) is 24.5 Å². The molecule has 0 radical (unpaired) electrons. The molecule has 25 heavy (non-hydrogen) atoms. The van der Waals surface area contributed by atoms with E-state index in [9.17, 15) is 23.1 Å². The number of benzene rings is 1. The molecule has 0 bridgehead atoms. The van der Waals surface area contributed by atoms with E-state index in [0.29, 0.717) is 5.56 Å². The molecule has 9 heteroatoms. The summed E-state index contributed by atoms with van der Waals surface area (Å²) < 4.78 is 43.6. The summed E-state index contributed by atoms with van der Waals surface area (Å²) in [5.74, 6) is -0.499. The van der Waals surface area contributed by atoms with Crippen molar-refractivity contribution in [3.05, 3.63) is 48.0 Å². The third kappa shape index (κ3) is 5.49. The van der Waals surface area contributed by atoms with E-state index in [4.69, 9.17) is 4.74 Å². The normalized spacial score (nSPS) is 12.8. The van der Waals surface area contributed by atoms with Crippen molar-refractivity contribution in [2.45, 2.75) is 32.2 Å². The SMILES string of the molecule is CCOC(=O)C(NCc1nccn1CC(F)(F)F)c1cccc(O)c1. The Labute approximate surface area is 142 Å². The highest BCUT2D eigenvalue weighted by Gasteiger charge is 2.29. The summed E-state index contributed by atoms with van der Waals surface area (Å²) in [5.41, 5.74) is 0.437. The van der Waals surface area contributed by atoms with E-state index >= 15 is 0 Å². The number of halogens is 3. The van der Waals surface area contributed by atoms with Crippen molar-refractivity contribution in [3.8, 4) is 5.75 Å². The lowest BCUT2D eigenvalue weighted by molar-refractivity contribution is -0.146.